The van der Waals surface area contributed by atoms with Crippen LogP contribution in [0.25, 0.3) is 5.57 Å². The fourth-order valence-electron chi connectivity index (χ4n) is 4.38. The van der Waals surface area contributed by atoms with Gasteiger partial charge in [0.1, 0.15) is 11.5 Å². The van der Waals surface area contributed by atoms with Crippen LogP contribution in [0.2, 0.25) is 0 Å². The van der Waals surface area contributed by atoms with E-state index < -0.39 is 6.97 Å². The van der Waals surface area contributed by atoms with E-state index in [1.165, 1.54) is 8.96 Å². The van der Waals surface area contributed by atoms with Gasteiger partial charge in [0.25, 0.3) is 0 Å². The summed E-state index contributed by atoms with van der Waals surface area (Å²) in [6.07, 6.45) is 1.82. The van der Waals surface area contributed by atoms with Gasteiger partial charge in [0.15, 0.2) is 5.70 Å². The van der Waals surface area contributed by atoms with E-state index in [9.17, 15) is 0 Å². The number of aromatic nitrogens is 2. The molecule has 130 valence electrons. The minimum atomic E-state index is -3.95. The molecule has 7 heteroatoms. The molecule has 4 nitrogen and oxygen atoms in total. The Morgan fingerprint density at radius 1 is 1.12 bits per heavy atom. The van der Waals surface area contributed by atoms with Crippen molar-refractivity contribution in [2.45, 2.75) is 41.5 Å². The molecule has 0 aromatic carbocycles. The number of hydrogen-bond donors (Lipinski definition) is 0. The van der Waals surface area contributed by atoms with Crippen LogP contribution < -0.4 is 0 Å². The highest BCUT2D eigenvalue weighted by molar-refractivity contribution is 6.58. The van der Waals surface area contributed by atoms with Crippen LogP contribution in [0.15, 0.2) is 27.9 Å². The molecule has 0 aliphatic carbocycles. The van der Waals surface area contributed by atoms with Crippen molar-refractivity contribution in [2.24, 2.45) is 0 Å². The second kappa shape index (κ2) is 4.81. The van der Waals surface area contributed by atoms with Gasteiger partial charge in [-0.05, 0) is 51.9 Å². The molecule has 0 radical (unpaired) electrons. The molecule has 2 aliphatic heterocycles. The van der Waals surface area contributed by atoms with Gasteiger partial charge in [-0.3, -0.25) is 0 Å². The number of halogens is 2. The monoisotopic (exact) mass is 343 g/mol. The topological polar surface area (TPSA) is 34.0 Å². The van der Waals surface area contributed by atoms with Crippen LogP contribution in [0.3, 0.4) is 0 Å². The molecule has 0 bridgehead atoms. The second-order valence-electron chi connectivity index (χ2n) is 7.04. The Bertz CT molecular complexity index is 1020. The van der Waals surface area contributed by atoms with Crippen LogP contribution in [0.4, 0.5) is 8.63 Å². The van der Waals surface area contributed by atoms with Crippen molar-refractivity contribution < 1.29 is 17.6 Å². The first kappa shape index (κ1) is 16.1. The summed E-state index contributed by atoms with van der Waals surface area (Å²) < 4.78 is 38.7. The van der Waals surface area contributed by atoms with E-state index in [4.69, 9.17) is 4.52 Å². The highest BCUT2D eigenvalue weighted by Crippen LogP contribution is 2.45. The van der Waals surface area contributed by atoms with E-state index in [0.29, 0.717) is 34.3 Å². The van der Waals surface area contributed by atoms with Gasteiger partial charge in [0, 0.05) is 24.3 Å². The zero-order valence-electron chi connectivity index (χ0n) is 15.2. The zero-order chi connectivity index (χ0) is 18.3. The molecule has 2 aliphatic rings. The van der Waals surface area contributed by atoms with E-state index >= 15 is 8.63 Å². The Morgan fingerprint density at radius 3 is 2.40 bits per heavy atom. The zero-order valence-corrected chi connectivity index (χ0v) is 15.2. The highest BCUT2D eigenvalue weighted by Gasteiger charge is 2.55. The number of rotatable bonds is 1. The van der Waals surface area contributed by atoms with E-state index in [0.717, 1.165) is 22.3 Å². The van der Waals surface area contributed by atoms with Gasteiger partial charge in [0.05, 0.1) is 16.8 Å². The molecule has 4 rings (SSSR count). The van der Waals surface area contributed by atoms with Crippen LogP contribution in [0, 0.1) is 27.7 Å². The van der Waals surface area contributed by atoms with E-state index in [2.05, 4.69) is 5.16 Å². The standard InChI is InChI=1S/C18H20BF2N3O/c1-9-7-11(3)23-17(9)16(15-13(5)22-25-14(15)6)18-10(2)8-12(4)24(18)19(23,20)21/h7-8H,1-6H3. The lowest BCUT2D eigenvalue weighted by Crippen LogP contribution is -2.51. The summed E-state index contributed by atoms with van der Waals surface area (Å²) in [4.78, 5) is 0. The lowest BCUT2D eigenvalue weighted by Gasteiger charge is -2.33. The molecule has 2 aromatic rings. The Hall–Kier alpha value is -2.44. The van der Waals surface area contributed by atoms with Crippen molar-refractivity contribution in [1.29, 1.82) is 0 Å². The number of nitrogens with zero attached hydrogens (tertiary/aromatic N) is 3. The Kier molecular flexibility index (Phi) is 3.09. The van der Waals surface area contributed by atoms with Gasteiger partial charge in [-0.15, -0.1) is 0 Å². The minimum absolute atomic E-state index is 0.554. The SMILES string of the molecule is CC1=CC(C)=[N+]2C1=C(c1c(C)noc1C)c1c(C)cc(C)n1[B-]2(F)F. The minimum Gasteiger partial charge on any atom is -0.393 e. The molecule has 25 heavy (non-hydrogen) atoms. The number of allylic oxidation sites excluding steroid dienone is 2. The first-order valence-corrected chi connectivity index (χ1v) is 8.36. The summed E-state index contributed by atoms with van der Waals surface area (Å²) >= 11 is 0. The highest BCUT2D eigenvalue weighted by atomic mass is 19.2. The molecular formula is C18H20BF2N3O. The molecule has 4 heterocycles. The summed E-state index contributed by atoms with van der Waals surface area (Å²) in [5.74, 6) is 0.639. The summed E-state index contributed by atoms with van der Waals surface area (Å²) in [7, 11) is 0. The average molecular weight is 343 g/mol. The second-order valence-corrected chi connectivity index (χ2v) is 7.04. The first-order chi connectivity index (χ1) is 11.7. The summed E-state index contributed by atoms with van der Waals surface area (Å²) in [5, 5.41) is 4.05. The van der Waals surface area contributed by atoms with Crippen LogP contribution in [-0.4, -0.2) is 26.8 Å². The third-order valence-electron chi connectivity index (χ3n) is 5.22. The van der Waals surface area contributed by atoms with Crippen molar-refractivity contribution in [3.63, 3.8) is 0 Å². The van der Waals surface area contributed by atoms with Gasteiger partial charge in [0.2, 0.25) is 0 Å². The fraction of sp³-hybridized carbons (Fsp3) is 0.333. The average Bonchev–Trinajstić information content (AvgIpc) is 3.09. The fourth-order valence-corrected chi connectivity index (χ4v) is 4.38. The van der Waals surface area contributed by atoms with Crippen LogP contribution in [-0.2, 0) is 0 Å². The predicted molar refractivity (Wildman–Crippen MR) is 94.0 cm³/mol. The maximum absolute atomic E-state index is 15.5. The normalized spacial score (nSPS) is 18.6. The van der Waals surface area contributed by atoms with Gasteiger partial charge in [-0.2, -0.15) is 0 Å². The maximum atomic E-state index is 15.5. The molecule has 2 aromatic heterocycles. The largest absolute Gasteiger partial charge is 0.737 e. The van der Waals surface area contributed by atoms with Gasteiger partial charge in [-0.1, -0.05) is 5.16 Å². The third-order valence-corrected chi connectivity index (χ3v) is 5.22. The molecule has 0 amide bonds. The number of aryl methyl sites for hydroxylation is 4. The van der Waals surface area contributed by atoms with Crippen molar-refractivity contribution in [3.8, 4) is 0 Å². The van der Waals surface area contributed by atoms with Gasteiger partial charge < -0.3 is 22.1 Å². The maximum Gasteiger partial charge on any atom is 0.737 e. The number of fused-ring (bicyclic) bond motifs is 2. The third kappa shape index (κ3) is 1.86. The summed E-state index contributed by atoms with van der Waals surface area (Å²) in [6, 6.07) is 1.82. The Balaban J connectivity index is 2.24. The van der Waals surface area contributed by atoms with Crippen LogP contribution in [0.1, 0.15) is 47.8 Å². The molecule has 0 atom stereocenters. The molecule has 0 spiro atoms. The van der Waals surface area contributed by atoms with Crippen molar-refractivity contribution in [3.05, 3.63) is 57.4 Å². The molecule has 0 fully saturated rings. The van der Waals surface area contributed by atoms with E-state index in [1.807, 2.05) is 39.8 Å². The lowest BCUT2D eigenvalue weighted by molar-refractivity contribution is -0.363. The molecule has 0 unspecified atom stereocenters. The van der Waals surface area contributed by atoms with Gasteiger partial charge >= 0.3 is 6.97 Å². The molecule has 0 saturated heterocycles. The Morgan fingerprint density at radius 2 is 1.80 bits per heavy atom. The van der Waals surface area contributed by atoms with Gasteiger partial charge in [-0.25, -0.2) is 0 Å². The van der Waals surface area contributed by atoms with Crippen LogP contribution in [0.5, 0.6) is 0 Å². The first-order valence-electron chi connectivity index (χ1n) is 8.36. The smallest absolute Gasteiger partial charge is 0.393 e. The molecule has 0 N–H and O–H groups in total. The van der Waals surface area contributed by atoms with E-state index in [1.54, 1.807) is 13.8 Å². The molecule has 0 saturated carbocycles. The van der Waals surface area contributed by atoms with E-state index in [-0.39, 0.29) is 0 Å². The number of hydrogen-bond acceptors (Lipinski definition) is 2. The van der Waals surface area contributed by atoms with Crippen molar-refractivity contribution in [1.82, 2.24) is 9.63 Å². The van der Waals surface area contributed by atoms with Crippen molar-refractivity contribution >= 4 is 18.3 Å². The predicted octanol–water partition coefficient (Wildman–Crippen LogP) is 4.14. The van der Waals surface area contributed by atoms with Crippen molar-refractivity contribution in [2.75, 3.05) is 0 Å². The lowest BCUT2D eigenvalue weighted by atomic mass is 9.83. The summed E-state index contributed by atoms with van der Waals surface area (Å²) in [6.45, 7) is 6.94. The summed E-state index contributed by atoms with van der Waals surface area (Å²) in [5.41, 5.74) is 6.18. The Labute approximate surface area is 145 Å². The quantitative estimate of drug-likeness (QED) is 0.730. The molecular weight excluding hydrogens is 323 g/mol. The van der Waals surface area contributed by atoms with Crippen LogP contribution >= 0.6 is 0 Å².